The number of hydrogen-bond donors (Lipinski definition) is 1. The zero-order chi connectivity index (χ0) is 27.2. The highest BCUT2D eigenvalue weighted by Gasteiger charge is 2.32. The highest BCUT2D eigenvalue weighted by molar-refractivity contribution is 6.10. The highest BCUT2D eigenvalue weighted by Crippen LogP contribution is 2.34. The van der Waals surface area contributed by atoms with E-state index < -0.39 is 29.1 Å². The Kier molecular flexibility index (Phi) is 8.47. The molecule has 0 aliphatic heterocycles. The van der Waals surface area contributed by atoms with Crippen LogP contribution in [0.1, 0.15) is 42.3 Å². The average Bonchev–Trinajstić information content (AvgIpc) is 2.86. The summed E-state index contributed by atoms with van der Waals surface area (Å²) < 4.78 is 56.8. The Hall–Kier alpha value is -4.01. The van der Waals surface area contributed by atoms with Gasteiger partial charge in [0.25, 0.3) is 0 Å². The van der Waals surface area contributed by atoms with Crippen LogP contribution >= 0.6 is 0 Å². The van der Waals surface area contributed by atoms with Crippen molar-refractivity contribution < 1.29 is 42.1 Å². The lowest BCUT2D eigenvalue weighted by Gasteiger charge is -2.21. The van der Waals surface area contributed by atoms with Gasteiger partial charge in [0.2, 0.25) is 0 Å². The molecule has 3 rings (SSSR count). The third-order valence-electron chi connectivity index (χ3n) is 5.36. The van der Waals surface area contributed by atoms with Gasteiger partial charge in [0.1, 0.15) is 17.2 Å². The van der Waals surface area contributed by atoms with Gasteiger partial charge in [-0.15, -0.1) is 0 Å². The largest absolute Gasteiger partial charge is 0.493 e. The Bertz CT molecular complexity index is 1220. The summed E-state index contributed by atoms with van der Waals surface area (Å²) in [4.78, 5) is 24.1. The molecule has 37 heavy (non-hydrogen) atoms. The molecular formula is C28H27F3O6. The van der Waals surface area contributed by atoms with Crippen LogP contribution in [0.2, 0.25) is 0 Å². The fourth-order valence-corrected chi connectivity index (χ4v) is 3.22. The quantitative estimate of drug-likeness (QED) is 0.303. The van der Waals surface area contributed by atoms with Crippen molar-refractivity contribution in [2.75, 3.05) is 13.2 Å². The van der Waals surface area contributed by atoms with Gasteiger partial charge in [0, 0.05) is 11.5 Å². The van der Waals surface area contributed by atoms with Gasteiger partial charge in [0.15, 0.2) is 11.4 Å². The Balaban J connectivity index is 1.64. The second-order valence-corrected chi connectivity index (χ2v) is 9.02. The molecule has 1 unspecified atom stereocenters. The Morgan fingerprint density at radius 3 is 2.05 bits per heavy atom. The standard InChI is InChI=1S/C28H27F3O6/c1-18(16-35-21-10-12-22(13-11-21)37-27(2,3)26(33)34)17-36-24-14-9-20(28(29,30)31)15-23(24)25(32)19-7-5-4-6-8-19/h4-15,18H,16-17H2,1-3H3,(H,33,34). The van der Waals surface area contributed by atoms with E-state index in [0.717, 1.165) is 18.2 Å². The maximum atomic E-state index is 13.3. The van der Waals surface area contributed by atoms with Gasteiger partial charge in [-0.25, -0.2) is 4.79 Å². The molecule has 1 N–H and O–H groups in total. The summed E-state index contributed by atoms with van der Waals surface area (Å²) in [5, 5.41) is 9.16. The number of alkyl halides is 3. The van der Waals surface area contributed by atoms with Crippen LogP contribution in [-0.4, -0.2) is 35.7 Å². The number of carboxylic acids is 1. The van der Waals surface area contributed by atoms with Crippen molar-refractivity contribution in [1.29, 1.82) is 0 Å². The van der Waals surface area contributed by atoms with Crippen molar-refractivity contribution >= 4 is 11.8 Å². The van der Waals surface area contributed by atoms with Gasteiger partial charge in [-0.1, -0.05) is 37.3 Å². The van der Waals surface area contributed by atoms with Crippen molar-refractivity contribution in [2.24, 2.45) is 5.92 Å². The maximum absolute atomic E-state index is 13.3. The molecule has 0 radical (unpaired) electrons. The molecule has 1 atom stereocenters. The molecule has 0 aliphatic rings. The van der Waals surface area contributed by atoms with E-state index in [9.17, 15) is 22.8 Å². The number of carboxylic acid groups (broad SMARTS) is 1. The molecule has 3 aromatic rings. The number of ether oxygens (including phenoxy) is 3. The molecule has 0 amide bonds. The fourth-order valence-electron chi connectivity index (χ4n) is 3.22. The van der Waals surface area contributed by atoms with E-state index in [1.54, 1.807) is 42.5 Å². The molecule has 0 spiro atoms. The summed E-state index contributed by atoms with van der Waals surface area (Å²) in [6.45, 7) is 5.03. The monoisotopic (exact) mass is 516 g/mol. The first-order valence-corrected chi connectivity index (χ1v) is 11.5. The number of hydrogen-bond acceptors (Lipinski definition) is 5. The molecular weight excluding hydrogens is 489 g/mol. The SMILES string of the molecule is CC(COc1ccc(OC(C)(C)C(=O)O)cc1)COc1ccc(C(F)(F)F)cc1C(=O)c1ccccc1. The van der Waals surface area contributed by atoms with E-state index in [2.05, 4.69) is 0 Å². The maximum Gasteiger partial charge on any atom is 0.416 e. The van der Waals surface area contributed by atoms with Crippen LogP contribution in [0.3, 0.4) is 0 Å². The van der Waals surface area contributed by atoms with Crippen molar-refractivity contribution in [3.8, 4) is 17.2 Å². The van der Waals surface area contributed by atoms with Crippen LogP contribution in [0.4, 0.5) is 13.2 Å². The minimum atomic E-state index is -4.60. The summed E-state index contributed by atoms with van der Waals surface area (Å²) >= 11 is 0. The van der Waals surface area contributed by atoms with Crippen LogP contribution in [0.15, 0.2) is 72.8 Å². The van der Waals surface area contributed by atoms with E-state index in [-0.39, 0.29) is 36.0 Å². The highest BCUT2D eigenvalue weighted by atomic mass is 19.4. The number of carbonyl (C=O) groups is 2. The predicted molar refractivity (Wildman–Crippen MR) is 130 cm³/mol. The first-order chi connectivity index (χ1) is 17.4. The van der Waals surface area contributed by atoms with Gasteiger partial charge in [-0.3, -0.25) is 4.79 Å². The topological polar surface area (TPSA) is 82.1 Å². The zero-order valence-corrected chi connectivity index (χ0v) is 20.5. The number of ketones is 1. The summed E-state index contributed by atoms with van der Waals surface area (Å²) in [5.41, 5.74) is -2.24. The molecule has 0 aliphatic carbocycles. The van der Waals surface area contributed by atoms with Crippen molar-refractivity contribution in [2.45, 2.75) is 32.5 Å². The number of benzene rings is 3. The van der Waals surface area contributed by atoms with Crippen molar-refractivity contribution in [1.82, 2.24) is 0 Å². The van der Waals surface area contributed by atoms with E-state index in [1.807, 2.05) is 6.92 Å². The molecule has 196 valence electrons. The molecule has 6 nitrogen and oxygen atoms in total. The minimum absolute atomic E-state index is 0.0521. The summed E-state index contributed by atoms with van der Waals surface area (Å²) in [6, 6.07) is 17.3. The lowest BCUT2D eigenvalue weighted by molar-refractivity contribution is -0.152. The molecule has 0 fully saturated rings. The van der Waals surface area contributed by atoms with E-state index >= 15 is 0 Å². The van der Waals surface area contributed by atoms with Gasteiger partial charge in [-0.2, -0.15) is 13.2 Å². The van der Waals surface area contributed by atoms with Crippen molar-refractivity contribution in [3.63, 3.8) is 0 Å². The third-order valence-corrected chi connectivity index (χ3v) is 5.36. The number of halogens is 3. The molecule has 0 bridgehead atoms. The van der Waals surface area contributed by atoms with E-state index in [0.29, 0.717) is 11.5 Å². The predicted octanol–water partition coefficient (Wildman–Crippen LogP) is 6.27. The lowest BCUT2D eigenvalue weighted by atomic mass is 10.00. The summed E-state index contributed by atoms with van der Waals surface area (Å²) in [6.07, 6.45) is -4.60. The lowest BCUT2D eigenvalue weighted by Crippen LogP contribution is -2.37. The first-order valence-electron chi connectivity index (χ1n) is 11.5. The molecule has 9 heteroatoms. The number of rotatable bonds is 11. The average molecular weight is 517 g/mol. The van der Waals surface area contributed by atoms with Crippen LogP contribution in [0.5, 0.6) is 17.2 Å². The molecule has 3 aromatic carbocycles. The van der Waals surface area contributed by atoms with Crippen molar-refractivity contribution in [3.05, 3.63) is 89.5 Å². The molecule has 0 heterocycles. The minimum Gasteiger partial charge on any atom is -0.493 e. The molecule has 0 aromatic heterocycles. The second-order valence-electron chi connectivity index (χ2n) is 9.02. The van der Waals surface area contributed by atoms with Crippen LogP contribution in [-0.2, 0) is 11.0 Å². The Labute approximate surface area is 212 Å². The smallest absolute Gasteiger partial charge is 0.416 e. The Morgan fingerprint density at radius 1 is 0.865 bits per heavy atom. The van der Waals surface area contributed by atoms with Crippen LogP contribution in [0.25, 0.3) is 0 Å². The van der Waals surface area contributed by atoms with E-state index in [4.69, 9.17) is 19.3 Å². The third kappa shape index (κ3) is 7.49. The van der Waals surface area contributed by atoms with Gasteiger partial charge < -0.3 is 19.3 Å². The fraction of sp³-hybridized carbons (Fsp3) is 0.286. The van der Waals surface area contributed by atoms with Crippen LogP contribution < -0.4 is 14.2 Å². The Morgan fingerprint density at radius 2 is 1.46 bits per heavy atom. The molecule has 0 saturated carbocycles. The molecule has 0 saturated heterocycles. The second kappa shape index (κ2) is 11.4. The van der Waals surface area contributed by atoms with Gasteiger partial charge >= 0.3 is 12.1 Å². The van der Waals surface area contributed by atoms with Gasteiger partial charge in [0.05, 0.1) is 24.3 Å². The normalized spacial score (nSPS) is 12.5. The number of carbonyl (C=O) groups excluding carboxylic acids is 1. The van der Waals surface area contributed by atoms with E-state index in [1.165, 1.54) is 26.0 Å². The first kappa shape index (κ1) is 27.6. The zero-order valence-electron chi connectivity index (χ0n) is 20.5. The van der Waals surface area contributed by atoms with Crippen LogP contribution in [0, 0.1) is 5.92 Å². The number of aliphatic carboxylic acids is 1. The summed E-state index contributed by atoms with van der Waals surface area (Å²) in [7, 11) is 0. The van der Waals surface area contributed by atoms with Gasteiger partial charge in [-0.05, 0) is 56.3 Å². The summed E-state index contributed by atoms with van der Waals surface area (Å²) in [5.74, 6) is -0.904.